The van der Waals surface area contributed by atoms with Gasteiger partial charge in [-0.25, -0.2) is 9.59 Å². The van der Waals surface area contributed by atoms with E-state index in [1.807, 2.05) is 0 Å². The molecule has 1 aromatic rings. The van der Waals surface area contributed by atoms with Crippen LogP contribution in [-0.2, 0) is 4.79 Å². The number of anilines is 1. The Hall–Kier alpha value is -1.75. The van der Waals surface area contributed by atoms with E-state index in [0.29, 0.717) is 10.7 Å². The van der Waals surface area contributed by atoms with E-state index in [2.05, 4.69) is 10.6 Å². The number of rotatable bonds is 4. The molecule has 0 saturated heterocycles. The summed E-state index contributed by atoms with van der Waals surface area (Å²) in [4.78, 5) is 22.7. The molecule has 6 heteroatoms. The van der Waals surface area contributed by atoms with Crippen molar-refractivity contribution in [3.8, 4) is 0 Å². The Morgan fingerprint density at radius 2 is 2.00 bits per heavy atom. The fourth-order valence-electron chi connectivity index (χ4n) is 1.26. The topological polar surface area (TPSA) is 78.4 Å². The first-order valence-corrected chi connectivity index (χ1v) is 5.84. The van der Waals surface area contributed by atoms with Crippen LogP contribution in [-0.4, -0.2) is 22.6 Å². The molecular weight excluding hydrogens is 256 g/mol. The summed E-state index contributed by atoms with van der Waals surface area (Å²) >= 11 is 5.88. The maximum Gasteiger partial charge on any atom is 0.329 e. The Morgan fingerprint density at radius 3 is 2.50 bits per heavy atom. The van der Waals surface area contributed by atoms with E-state index in [-0.39, 0.29) is 6.42 Å². The Balaban J connectivity index is 2.73. The smallest absolute Gasteiger partial charge is 0.329 e. The fourth-order valence-corrected chi connectivity index (χ4v) is 1.44. The van der Waals surface area contributed by atoms with Crippen LogP contribution >= 0.6 is 11.6 Å². The normalized spacial score (nSPS) is 13.5. The molecule has 0 radical (unpaired) electrons. The summed E-state index contributed by atoms with van der Waals surface area (Å²) in [6.07, 6.45) is 0.276. The van der Waals surface area contributed by atoms with Crippen LogP contribution in [0.25, 0.3) is 0 Å². The SMILES string of the molecule is CCC(C)(NC(=O)Nc1ccccc1Cl)C(=O)O. The molecule has 0 spiro atoms. The molecule has 3 N–H and O–H groups in total. The largest absolute Gasteiger partial charge is 0.480 e. The number of benzene rings is 1. The van der Waals surface area contributed by atoms with E-state index in [1.54, 1.807) is 31.2 Å². The van der Waals surface area contributed by atoms with Crippen LogP contribution in [0.4, 0.5) is 10.5 Å². The number of carboxylic acids is 1. The molecule has 0 saturated carbocycles. The highest BCUT2D eigenvalue weighted by Crippen LogP contribution is 2.20. The third-order valence-electron chi connectivity index (χ3n) is 2.69. The van der Waals surface area contributed by atoms with Gasteiger partial charge in [0.2, 0.25) is 0 Å². The van der Waals surface area contributed by atoms with E-state index in [9.17, 15) is 9.59 Å². The molecule has 0 aliphatic carbocycles. The number of hydrogen-bond acceptors (Lipinski definition) is 2. The third-order valence-corrected chi connectivity index (χ3v) is 3.02. The number of carboxylic acid groups (broad SMARTS) is 1. The van der Waals surface area contributed by atoms with Crippen LogP contribution in [0.3, 0.4) is 0 Å². The van der Waals surface area contributed by atoms with Crippen molar-refractivity contribution < 1.29 is 14.7 Å². The highest BCUT2D eigenvalue weighted by atomic mass is 35.5. The highest BCUT2D eigenvalue weighted by molar-refractivity contribution is 6.33. The Bertz CT molecular complexity index is 464. The molecule has 0 aliphatic heterocycles. The number of hydrogen-bond donors (Lipinski definition) is 3. The van der Waals surface area contributed by atoms with Crippen molar-refractivity contribution in [3.05, 3.63) is 29.3 Å². The summed E-state index contributed by atoms with van der Waals surface area (Å²) < 4.78 is 0. The number of para-hydroxylation sites is 1. The van der Waals surface area contributed by atoms with Gasteiger partial charge in [-0.15, -0.1) is 0 Å². The van der Waals surface area contributed by atoms with E-state index in [1.165, 1.54) is 6.92 Å². The third kappa shape index (κ3) is 3.37. The van der Waals surface area contributed by atoms with Crippen molar-refractivity contribution in [2.24, 2.45) is 0 Å². The molecule has 0 aromatic heterocycles. The van der Waals surface area contributed by atoms with Crippen LogP contribution in [0.2, 0.25) is 5.02 Å². The van der Waals surface area contributed by atoms with Crippen LogP contribution in [0.15, 0.2) is 24.3 Å². The molecule has 18 heavy (non-hydrogen) atoms. The molecule has 2 amide bonds. The van der Waals surface area contributed by atoms with Gasteiger partial charge in [0, 0.05) is 0 Å². The quantitative estimate of drug-likeness (QED) is 0.787. The zero-order valence-electron chi connectivity index (χ0n) is 10.2. The number of carbonyl (C=O) groups is 2. The van der Waals surface area contributed by atoms with Gasteiger partial charge in [-0.1, -0.05) is 30.7 Å². The summed E-state index contributed by atoms with van der Waals surface area (Å²) in [7, 11) is 0. The minimum absolute atomic E-state index is 0.276. The number of urea groups is 1. The summed E-state index contributed by atoms with van der Waals surface area (Å²) in [5.41, 5.74) is -0.869. The number of halogens is 1. The van der Waals surface area contributed by atoms with Crippen molar-refractivity contribution in [1.29, 1.82) is 0 Å². The van der Waals surface area contributed by atoms with Gasteiger partial charge in [0.25, 0.3) is 0 Å². The van der Waals surface area contributed by atoms with E-state index < -0.39 is 17.5 Å². The van der Waals surface area contributed by atoms with E-state index >= 15 is 0 Å². The first-order valence-electron chi connectivity index (χ1n) is 5.46. The number of nitrogens with one attached hydrogen (secondary N) is 2. The van der Waals surface area contributed by atoms with Gasteiger partial charge in [-0.2, -0.15) is 0 Å². The molecule has 1 rings (SSSR count). The van der Waals surface area contributed by atoms with Crippen molar-refractivity contribution >= 4 is 29.3 Å². The number of amides is 2. The monoisotopic (exact) mass is 270 g/mol. The highest BCUT2D eigenvalue weighted by Gasteiger charge is 2.32. The molecule has 0 aliphatic rings. The van der Waals surface area contributed by atoms with Crippen LogP contribution in [0, 0.1) is 0 Å². The second kappa shape index (κ2) is 5.73. The maximum atomic E-state index is 11.7. The lowest BCUT2D eigenvalue weighted by molar-refractivity contribution is -0.143. The fraction of sp³-hybridized carbons (Fsp3) is 0.333. The Kier molecular flexibility index (Phi) is 4.55. The molecular formula is C12H15ClN2O3. The first kappa shape index (κ1) is 14.3. The van der Waals surface area contributed by atoms with Crippen molar-refractivity contribution in [2.75, 3.05) is 5.32 Å². The minimum Gasteiger partial charge on any atom is -0.480 e. The second-order valence-electron chi connectivity index (χ2n) is 4.05. The second-order valence-corrected chi connectivity index (χ2v) is 4.46. The van der Waals surface area contributed by atoms with Crippen molar-refractivity contribution in [2.45, 2.75) is 25.8 Å². The zero-order valence-corrected chi connectivity index (χ0v) is 10.9. The zero-order chi connectivity index (χ0) is 13.8. The Morgan fingerprint density at radius 1 is 1.39 bits per heavy atom. The molecule has 0 bridgehead atoms. The number of carbonyl (C=O) groups excluding carboxylic acids is 1. The summed E-state index contributed by atoms with van der Waals surface area (Å²) in [6.45, 7) is 3.13. The van der Waals surface area contributed by atoms with Crippen molar-refractivity contribution in [3.63, 3.8) is 0 Å². The van der Waals surface area contributed by atoms with Gasteiger partial charge in [0.1, 0.15) is 5.54 Å². The molecule has 0 fully saturated rings. The molecule has 1 atom stereocenters. The molecule has 98 valence electrons. The molecule has 5 nitrogen and oxygen atoms in total. The molecule has 1 aromatic carbocycles. The summed E-state index contributed by atoms with van der Waals surface area (Å²) in [5, 5.41) is 14.3. The maximum absolute atomic E-state index is 11.7. The van der Waals surface area contributed by atoms with Gasteiger partial charge in [0.15, 0.2) is 0 Å². The predicted octanol–water partition coefficient (Wildman–Crippen LogP) is 2.71. The van der Waals surface area contributed by atoms with Gasteiger partial charge >= 0.3 is 12.0 Å². The average molecular weight is 271 g/mol. The van der Waals surface area contributed by atoms with E-state index in [0.717, 1.165) is 0 Å². The minimum atomic E-state index is -1.30. The van der Waals surface area contributed by atoms with Crippen LogP contribution in [0.5, 0.6) is 0 Å². The van der Waals surface area contributed by atoms with Crippen molar-refractivity contribution in [1.82, 2.24) is 5.32 Å². The standard InChI is InChI=1S/C12H15ClN2O3/c1-3-12(2,10(16)17)15-11(18)14-9-7-5-4-6-8(9)13/h4-7H,3H2,1-2H3,(H,16,17)(H2,14,15,18). The first-order chi connectivity index (χ1) is 8.39. The molecule has 1 unspecified atom stereocenters. The van der Waals surface area contributed by atoms with Gasteiger partial charge < -0.3 is 15.7 Å². The van der Waals surface area contributed by atoms with Gasteiger partial charge in [0.05, 0.1) is 10.7 Å². The predicted molar refractivity (Wildman–Crippen MR) is 69.9 cm³/mol. The van der Waals surface area contributed by atoms with E-state index in [4.69, 9.17) is 16.7 Å². The number of aliphatic carboxylic acids is 1. The lowest BCUT2D eigenvalue weighted by Gasteiger charge is -2.24. The van der Waals surface area contributed by atoms with Gasteiger partial charge in [-0.3, -0.25) is 0 Å². The average Bonchev–Trinajstić information content (AvgIpc) is 2.31. The lowest BCUT2D eigenvalue weighted by atomic mass is 10.00. The van der Waals surface area contributed by atoms with Gasteiger partial charge in [-0.05, 0) is 25.5 Å². The summed E-state index contributed by atoms with van der Waals surface area (Å²) in [5.74, 6) is -1.08. The lowest BCUT2D eigenvalue weighted by Crippen LogP contribution is -2.53. The summed E-state index contributed by atoms with van der Waals surface area (Å²) in [6, 6.07) is 6.12. The van der Waals surface area contributed by atoms with Crippen LogP contribution < -0.4 is 10.6 Å². The molecule has 0 heterocycles. The Labute approximate surface area is 110 Å². The van der Waals surface area contributed by atoms with Crippen LogP contribution in [0.1, 0.15) is 20.3 Å².